The third-order valence-electron chi connectivity index (χ3n) is 3.12. The van der Waals surface area contributed by atoms with Gasteiger partial charge in [-0.15, -0.1) is 11.6 Å². The molecule has 0 aliphatic heterocycles. The van der Waals surface area contributed by atoms with E-state index in [2.05, 4.69) is 13.8 Å². The van der Waals surface area contributed by atoms with Crippen LogP contribution in [0, 0.1) is 5.92 Å². The normalized spacial score (nSPS) is 26.7. The summed E-state index contributed by atoms with van der Waals surface area (Å²) in [6, 6.07) is 0.256. The average molecular weight is 232 g/mol. The summed E-state index contributed by atoms with van der Waals surface area (Å²) in [5.74, 6) is 0.667. The van der Waals surface area contributed by atoms with Crippen LogP contribution in [0.15, 0.2) is 0 Å². The number of alkyl halides is 1. The highest BCUT2D eigenvalue weighted by Crippen LogP contribution is 2.27. The second-order valence-electron chi connectivity index (χ2n) is 4.97. The van der Waals surface area contributed by atoms with E-state index < -0.39 is 0 Å². The molecule has 1 amide bonds. The highest BCUT2D eigenvalue weighted by atomic mass is 35.5. The smallest absolute Gasteiger partial charge is 0.222 e. The van der Waals surface area contributed by atoms with E-state index >= 15 is 0 Å². The van der Waals surface area contributed by atoms with Crippen LogP contribution in [-0.4, -0.2) is 29.3 Å². The van der Waals surface area contributed by atoms with Gasteiger partial charge in [-0.05, 0) is 18.8 Å². The first-order valence-corrected chi connectivity index (χ1v) is 6.35. The third-order valence-corrected chi connectivity index (χ3v) is 3.63. The monoisotopic (exact) mass is 231 g/mol. The molecule has 0 aromatic rings. The van der Waals surface area contributed by atoms with Crippen LogP contribution in [0.5, 0.6) is 0 Å². The van der Waals surface area contributed by atoms with Crippen molar-refractivity contribution in [1.29, 1.82) is 0 Å². The van der Waals surface area contributed by atoms with Crippen molar-refractivity contribution < 1.29 is 4.79 Å². The molecular weight excluding hydrogens is 210 g/mol. The molecule has 0 aromatic carbocycles. The predicted octanol–water partition coefficient (Wildman–Crippen LogP) is 3.04. The topological polar surface area (TPSA) is 20.3 Å². The van der Waals surface area contributed by atoms with Crippen molar-refractivity contribution in [2.75, 3.05) is 7.05 Å². The number of carbonyl (C=O) groups is 1. The van der Waals surface area contributed by atoms with E-state index in [1.807, 2.05) is 11.9 Å². The van der Waals surface area contributed by atoms with Gasteiger partial charge in [-0.25, -0.2) is 0 Å². The van der Waals surface area contributed by atoms with E-state index in [9.17, 15) is 4.79 Å². The van der Waals surface area contributed by atoms with Gasteiger partial charge in [-0.1, -0.05) is 26.7 Å². The average Bonchev–Trinajstić information content (AvgIpc) is 2.16. The van der Waals surface area contributed by atoms with Gasteiger partial charge in [-0.3, -0.25) is 4.79 Å². The zero-order chi connectivity index (χ0) is 11.4. The molecule has 1 aliphatic carbocycles. The minimum absolute atomic E-state index is 0.153. The molecule has 0 radical (unpaired) electrons. The number of halogens is 1. The van der Waals surface area contributed by atoms with Gasteiger partial charge in [0.05, 0.1) is 5.38 Å². The van der Waals surface area contributed by atoms with Gasteiger partial charge in [-0.2, -0.15) is 0 Å². The molecule has 2 atom stereocenters. The van der Waals surface area contributed by atoms with Gasteiger partial charge in [0.2, 0.25) is 5.91 Å². The minimum atomic E-state index is 0.153. The largest absolute Gasteiger partial charge is 0.341 e. The van der Waals surface area contributed by atoms with E-state index in [0.717, 1.165) is 12.8 Å². The number of nitrogens with zero attached hydrogens (tertiary/aromatic N) is 1. The maximum atomic E-state index is 11.9. The number of rotatable bonds is 3. The van der Waals surface area contributed by atoms with Crippen LogP contribution >= 0.6 is 11.6 Å². The van der Waals surface area contributed by atoms with Crippen LogP contribution < -0.4 is 0 Å². The Morgan fingerprint density at radius 1 is 1.40 bits per heavy atom. The molecule has 0 aromatic heterocycles. The van der Waals surface area contributed by atoms with Gasteiger partial charge in [0, 0.05) is 19.5 Å². The molecule has 3 heteroatoms. The van der Waals surface area contributed by atoms with Gasteiger partial charge in [0.15, 0.2) is 0 Å². The summed E-state index contributed by atoms with van der Waals surface area (Å²) in [4.78, 5) is 13.7. The van der Waals surface area contributed by atoms with Crippen LogP contribution in [-0.2, 0) is 4.79 Å². The summed E-state index contributed by atoms with van der Waals surface area (Å²) in [5.41, 5.74) is 0. The molecule has 0 spiro atoms. The number of carbonyl (C=O) groups excluding carboxylic acids is 1. The SMILES string of the molecule is CC(C)CC(=O)N(C)C1CCCCC1Cl. The Balaban J connectivity index is 2.50. The van der Waals surface area contributed by atoms with Gasteiger partial charge < -0.3 is 4.90 Å². The Morgan fingerprint density at radius 3 is 2.53 bits per heavy atom. The van der Waals surface area contributed by atoms with Crippen molar-refractivity contribution in [3.8, 4) is 0 Å². The van der Waals surface area contributed by atoms with Gasteiger partial charge >= 0.3 is 0 Å². The van der Waals surface area contributed by atoms with Crippen molar-refractivity contribution >= 4 is 17.5 Å². The fraction of sp³-hybridized carbons (Fsp3) is 0.917. The highest BCUT2D eigenvalue weighted by Gasteiger charge is 2.29. The molecule has 15 heavy (non-hydrogen) atoms. The number of amides is 1. The molecule has 88 valence electrons. The maximum absolute atomic E-state index is 11.9. The van der Waals surface area contributed by atoms with Gasteiger partial charge in [0.25, 0.3) is 0 Å². The minimum Gasteiger partial charge on any atom is -0.341 e. The van der Waals surface area contributed by atoms with E-state index in [1.165, 1.54) is 12.8 Å². The van der Waals surface area contributed by atoms with Crippen LogP contribution in [0.2, 0.25) is 0 Å². The lowest BCUT2D eigenvalue weighted by Crippen LogP contribution is -2.44. The lowest BCUT2D eigenvalue weighted by molar-refractivity contribution is -0.133. The van der Waals surface area contributed by atoms with Crippen LogP contribution in [0.1, 0.15) is 46.0 Å². The number of hydrogen-bond donors (Lipinski definition) is 0. The summed E-state index contributed by atoms with van der Waals surface area (Å²) >= 11 is 6.26. The third kappa shape index (κ3) is 3.67. The summed E-state index contributed by atoms with van der Waals surface area (Å²) in [6.45, 7) is 4.15. The lowest BCUT2D eigenvalue weighted by Gasteiger charge is -2.35. The zero-order valence-corrected chi connectivity index (χ0v) is 10.8. The van der Waals surface area contributed by atoms with E-state index in [0.29, 0.717) is 12.3 Å². The van der Waals surface area contributed by atoms with Crippen molar-refractivity contribution in [3.63, 3.8) is 0 Å². The van der Waals surface area contributed by atoms with Gasteiger partial charge in [0.1, 0.15) is 0 Å². The van der Waals surface area contributed by atoms with Crippen LogP contribution in [0.3, 0.4) is 0 Å². The molecule has 0 N–H and O–H groups in total. The molecule has 2 unspecified atom stereocenters. The molecule has 1 rings (SSSR count). The Labute approximate surface area is 98.0 Å². The Hall–Kier alpha value is -0.240. The summed E-state index contributed by atoms with van der Waals surface area (Å²) in [7, 11) is 1.90. The molecule has 0 saturated heterocycles. The van der Waals surface area contributed by atoms with Crippen molar-refractivity contribution in [3.05, 3.63) is 0 Å². The molecule has 1 saturated carbocycles. The molecular formula is C12H22ClNO. The molecule has 1 fully saturated rings. The zero-order valence-electron chi connectivity index (χ0n) is 10.0. The second kappa shape index (κ2) is 5.74. The highest BCUT2D eigenvalue weighted by molar-refractivity contribution is 6.21. The standard InChI is InChI=1S/C12H22ClNO/c1-9(2)8-12(15)14(3)11-7-5-4-6-10(11)13/h9-11H,4-8H2,1-3H3. The predicted molar refractivity (Wildman–Crippen MR) is 64.1 cm³/mol. The fourth-order valence-electron chi connectivity index (χ4n) is 2.18. The summed E-state index contributed by atoms with van der Waals surface area (Å²) in [5, 5.41) is 0.153. The van der Waals surface area contributed by atoms with E-state index in [1.54, 1.807) is 0 Å². The molecule has 0 heterocycles. The first-order valence-electron chi connectivity index (χ1n) is 5.92. The Bertz CT molecular complexity index is 218. The summed E-state index contributed by atoms with van der Waals surface area (Å²) in [6.07, 6.45) is 5.15. The second-order valence-corrected chi connectivity index (χ2v) is 5.53. The Morgan fingerprint density at radius 2 is 2.00 bits per heavy atom. The lowest BCUT2D eigenvalue weighted by atomic mass is 9.93. The van der Waals surface area contributed by atoms with Crippen molar-refractivity contribution in [2.45, 2.75) is 57.4 Å². The Kier molecular flexibility index (Phi) is 4.91. The number of hydrogen-bond acceptors (Lipinski definition) is 1. The molecule has 2 nitrogen and oxygen atoms in total. The van der Waals surface area contributed by atoms with E-state index in [4.69, 9.17) is 11.6 Å². The van der Waals surface area contributed by atoms with Crippen LogP contribution in [0.4, 0.5) is 0 Å². The van der Waals surface area contributed by atoms with Crippen molar-refractivity contribution in [2.24, 2.45) is 5.92 Å². The fourth-order valence-corrected chi connectivity index (χ4v) is 2.63. The van der Waals surface area contributed by atoms with Crippen LogP contribution in [0.25, 0.3) is 0 Å². The van der Waals surface area contributed by atoms with Crippen molar-refractivity contribution in [1.82, 2.24) is 4.90 Å². The first kappa shape index (κ1) is 12.8. The van der Waals surface area contributed by atoms with E-state index in [-0.39, 0.29) is 17.3 Å². The summed E-state index contributed by atoms with van der Waals surface area (Å²) < 4.78 is 0. The molecule has 1 aliphatic rings. The first-order chi connectivity index (χ1) is 7.02. The quantitative estimate of drug-likeness (QED) is 0.684. The molecule has 0 bridgehead atoms. The maximum Gasteiger partial charge on any atom is 0.222 e.